The van der Waals surface area contributed by atoms with E-state index in [1.807, 2.05) is 41.1 Å². The minimum atomic E-state index is -0.826. The number of pyridine rings is 1. The van der Waals surface area contributed by atoms with Crippen LogP contribution >= 0.6 is 0 Å². The lowest BCUT2D eigenvalue weighted by atomic mass is 10.1. The van der Waals surface area contributed by atoms with Crippen LogP contribution in [-0.4, -0.2) is 24.8 Å². The van der Waals surface area contributed by atoms with Gasteiger partial charge in [-0.05, 0) is 42.5 Å². The quantitative estimate of drug-likeness (QED) is 0.447. The standard InChI is InChI=1S/C24H16FN5O3/c25-15-8-10-16(11-9-15)30-23(32)18(13-26-24(30)33)22(31)28-19-6-2-1-5-17(19)20-14-29-12-4-3-7-21(29)27-20/h1-14H,(H,26,33)(H,28,31). The van der Waals surface area contributed by atoms with Gasteiger partial charge in [-0.25, -0.2) is 18.7 Å². The molecule has 0 saturated heterocycles. The van der Waals surface area contributed by atoms with Crippen LogP contribution in [0.15, 0.2) is 94.9 Å². The van der Waals surface area contributed by atoms with Gasteiger partial charge in [0.25, 0.3) is 11.5 Å². The summed E-state index contributed by atoms with van der Waals surface area (Å²) >= 11 is 0. The average molecular weight is 441 g/mol. The maximum Gasteiger partial charge on any atom is 0.333 e. The highest BCUT2D eigenvalue weighted by molar-refractivity contribution is 6.05. The summed E-state index contributed by atoms with van der Waals surface area (Å²) in [4.78, 5) is 45.2. The highest BCUT2D eigenvalue weighted by Crippen LogP contribution is 2.27. The SMILES string of the molecule is O=C(Nc1ccccc1-c1cn2ccccc2n1)c1c[nH]c(=O)n(-c2ccc(F)cc2)c1=O. The number of para-hydroxylation sites is 1. The number of halogens is 1. The Morgan fingerprint density at radius 1 is 0.970 bits per heavy atom. The molecule has 0 fully saturated rings. The monoisotopic (exact) mass is 441 g/mol. The number of rotatable bonds is 4. The maximum absolute atomic E-state index is 13.3. The summed E-state index contributed by atoms with van der Waals surface area (Å²) in [7, 11) is 0. The molecule has 3 aromatic heterocycles. The van der Waals surface area contributed by atoms with E-state index < -0.39 is 23.0 Å². The molecule has 0 unspecified atom stereocenters. The summed E-state index contributed by atoms with van der Waals surface area (Å²) in [6.07, 6.45) is 4.76. The Hall–Kier alpha value is -4.79. The highest BCUT2D eigenvalue weighted by Gasteiger charge is 2.18. The molecule has 0 saturated carbocycles. The number of anilines is 1. The van der Waals surface area contributed by atoms with Crippen LogP contribution in [-0.2, 0) is 0 Å². The van der Waals surface area contributed by atoms with Gasteiger partial charge in [-0.3, -0.25) is 9.59 Å². The van der Waals surface area contributed by atoms with E-state index >= 15 is 0 Å². The van der Waals surface area contributed by atoms with Crippen molar-refractivity contribution in [2.24, 2.45) is 0 Å². The molecule has 9 heteroatoms. The Balaban J connectivity index is 1.53. The number of carbonyl (C=O) groups is 1. The van der Waals surface area contributed by atoms with Gasteiger partial charge in [0, 0.05) is 24.2 Å². The van der Waals surface area contributed by atoms with Crippen LogP contribution in [0.4, 0.5) is 10.1 Å². The number of amides is 1. The van der Waals surface area contributed by atoms with Gasteiger partial charge in [0.15, 0.2) is 0 Å². The van der Waals surface area contributed by atoms with E-state index in [0.717, 1.165) is 28.5 Å². The molecule has 33 heavy (non-hydrogen) atoms. The third-order valence-corrected chi connectivity index (χ3v) is 5.12. The summed E-state index contributed by atoms with van der Waals surface area (Å²) in [5.74, 6) is -1.22. The molecule has 3 heterocycles. The first kappa shape index (κ1) is 20.1. The fraction of sp³-hybridized carbons (Fsp3) is 0. The van der Waals surface area contributed by atoms with Crippen molar-refractivity contribution in [3.8, 4) is 16.9 Å². The number of H-pyrrole nitrogens is 1. The Labute approximate surface area is 185 Å². The van der Waals surface area contributed by atoms with Crippen molar-refractivity contribution in [3.63, 3.8) is 0 Å². The Morgan fingerprint density at radius 3 is 2.52 bits per heavy atom. The largest absolute Gasteiger partial charge is 0.333 e. The van der Waals surface area contributed by atoms with Crippen molar-refractivity contribution in [3.05, 3.63) is 118 Å². The molecule has 0 aliphatic rings. The Morgan fingerprint density at radius 2 is 1.73 bits per heavy atom. The van der Waals surface area contributed by atoms with Crippen LogP contribution in [0.3, 0.4) is 0 Å². The second-order valence-corrected chi connectivity index (χ2v) is 7.22. The number of hydrogen-bond acceptors (Lipinski definition) is 4. The predicted octanol–water partition coefficient (Wildman–Crippen LogP) is 3.23. The molecule has 0 aliphatic heterocycles. The molecule has 1 amide bonds. The zero-order valence-corrected chi connectivity index (χ0v) is 17.0. The predicted molar refractivity (Wildman–Crippen MR) is 121 cm³/mol. The third kappa shape index (κ3) is 3.72. The number of nitrogens with one attached hydrogen (secondary N) is 2. The van der Waals surface area contributed by atoms with Crippen molar-refractivity contribution in [2.45, 2.75) is 0 Å². The third-order valence-electron chi connectivity index (χ3n) is 5.12. The van der Waals surface area contributed by atoms with E-state index in [0.29, 0.717) is 16.9 Å². The van der Waals surface area contributed by atoms with Crippen LogP contribution in [0.25, 0.3) is 22.6 Å². The van der Waals surface area contributed by atoms with E-state index in [4.69, 9.17) is 0 Å². The van der Waals surface area contributed by atoms with Gasteiger partial charge in [-0.2, -0.15) is 0 Å². The number of benzene rings is 2. The summed E-state index contributed by atoms with van der Waals surface area (Å²) in [6, 6.07) is 17.5. The number of aromatic amines is 1. The number of hydrogen-bond donors (Lipinski definition) is 2. The van der Waals surface area contributed by atoms with Gasteiger partial charge in [-0.1, -0.05) is 24.3 Å². The van der Waals surface area contributed by atoms with Gasteiger partial charge < -0.3 is 14.7 Å². The van der Waals surface area contributed by atoms with Gasteiger partial charge in [0.2, 0.25) is 0 Å². The molecule has 0 radical (unpaired) electrons. The summed E-state index contributed by atoms with van der Waals surface area (Å²) < 4.78 is 15.9. The second kappa shape index (κ2) is 8.04. The lowest BCUT2D eigenvalue weighted by Crippen LogP contribution is -2.38. The highest BCUT2D eigenvalue weighted by atomic mass is 19.1. The van der Waals surface area contributed by atoms with Crippen LogP contribution < -0.4 is 16.6 Å². The number of aromatic nitrogens is 4. The smallest absolute Gasteiger partial charge is 0.321 e. The molecule has 5 aromatic rings. The van der Waals surface area contributed by atoms with Crippen molar-refractivity contribution in [2.75, 3.05) is 5.32 Å². The first-order valence-corrected chi connectivity index (χ1v) is 9.96. The molecule has 0 bridgehead atoms. The maximum atomic E-state index is 13.3. The number of fused-ring (bicyclic) bond motifs is 1. The first-order valence-electron chi connectivity index (χ1n) is 9.96. The molecule has 0 aliphatic carbocycles. The van der Waals surface area contributed by atoms with Crippen LogP contribution in [0.1, 0.15) is 10.4 Å². The molecular weight excluding hydrogens is 425 g/mol. The van der Waals surface area contributed by atoms with Crippen LogP contribution in [0.2, 0.25) is 0 Å². The number of imidazole rings is 1. The van der Waals surface area contributed by atoms with E-state index in [1.165, 1.54) is 12.1 Å². The van der Waals surface area contributed by atoms with E-state index in [2.05, 4.69) is 15.3 Å². The topological polar surface area (TPSA) is 101 Å². The van der Waals surface area contributed by atoms with E-state index in [9.17, 15) is 18.8 Å². The van der Waals surface area contributed by atoms with Gasteiger partial charge in [0.1, 0.15) is 17.0 Å². The molecular formula is C24H16FN5O3. The van der Waals surface area contributed by atoms with Gasteiger partial charge in [-0.15, -0.1) is 0 Å². The second-order valence-electron chi connectivity index (χ2n) is 7.22. The van der Waals surface area contributed by atoms with Gasteiger partial charge in [0.05, 0.1) is 17.1 Å². The van der Waals surface area contributed by atoms with E-state index in [-0.39, 0.29) is 11.3 Å². The Kier molecular flexibility index (Phi) is 4.91. The lowest BCUT2D eigenvalue weighted by Gasteiger charge is -2.10. The van der Waals surface area contributed by atoms with Crippen molar-refractivity contribution in [1.82, 2.24) is 18.9 Å². The summed E-state index contributed by atoms with van der Waals surface area (Å²) in [5.41, 5.74) is 0.800. The molecule has 2 aromatic carbocycles. The molecule has 8 nitrogen and oxygen atoms in total. The van der Waals surface area contributed by atoms with Crippen molar-refractivity contribution < 1.29 is 9.18 Å². The van der Waals surface area contributed by atoms with Gasteiger partial charge >= 0.3 is 5.69 Å². The number of nitrogens with zero attached hydrogens (tertiary/aromatic N) is 3. The normalized spacial score (nSPS) is 10.9. The lowest BCUT2D eigenvalue weighted by molar-refractivity contribution is 0.102. The fourth-order valence-electron chi connectivity index (χ4n) is 3.53. The molecule has 5 rings (SSSR count). The zero-order chi connectivity index (χ0) is 22.9. The minimum Gasteiger partial charge on any atom is -0.321 e. The number of carbonyl (C=O) groups excluding carboxylic acids is 1. The Bertz CT molecular complexity index is 1580. The molecule has 2 N–H and O–H groups in total. The zero-order valence-electron chi connectivity index (χ0n) is 17.0. The van der Waals surface area contributed by atoms with Crippen molar-refractivity contribution >= 4 is 17.2 Å². The van der Waals surface area contributed by atoms with Crippen LogP contribution in [0.5, 0.6) is 0 Å². The molecule has 0 spiro atoms. The molecule has 0 atom stereocenters. The van der Waals surface area contributed by atoms with E-state index in [1.54, 1.807) is 18.2 Å². The fourth-order valence-corrected chi connectivity index (χ4v) is 3.53. The minimum absolute atomic E-state index is 0.141. The summed E-state index contributed by atoms with van der Waals surface area (Å²) in [5, 5.41) is 2.73. The average Bonchev–Trinajstić information content (AvgIpc) is 3.25. The first-order chi connectivity index (χ1) is 16.0. The molecule has 162 valence electrons. The van der Waals surface area contributed by atoms with Crippen LogP contribution in [0, 0.1) is 5.82 Å². The van der Waals surface area contributed by atoms with Crippen molar-refractivity contribution in [1.29, 1.82) is 0 Å². The summed E-state index contributed by atoms with van der Waals surface area (Å²) in [6.45, 7) is 0.